The van der Waals surface area contributed by atoms with Crippen molar-refractivity contribution in [3.05, 3.63) is 24.3 Å². The van der Waals surface area contributed by atoms with Gasteiger partial charge in [0, 0.05) is 24.7 Å². The zero-order valence-electron chi connectivity index (χ0n) is 14.7. The van der Waals surface area contributed by atoms with Crippen LogP contribution in [0.2, 0.25) is 0 Å². The molecule has 2 rings (SSSR count). The van der Waals surface area contributed by atoms with Crippen LogP contribution >= 0.6 is 0 Å². The van der Waals surface area contributed by atoms with Crippen molar-refractivity contribution in [1.82, 2.24) is 0 Å². The number of fused-ring (bicyclic) bond motifs is 1. The number of Topliss-reactive ketones (excluding diaryl/α,β-unsaturated/α-hetero) is 1. The zero-order valence-corrected chi connectivity index (χ0v) is 14.7. The van der Waals surface area contributed by atoms with Gasteiger partial charge in [0.2, 0.25) is 0 Å². The maximum Gasteiger partial charge on any atom is 0.306 e. The molecule has 1 heterocycles. The highest BCUT2D eigenvalue weighted by Crippen LogP contribution is 2.33. The van der Waals surface area contributed by atoms with Crippen LogP contribution < -0.4 is 0 Å². The number of ketones is 1. The lowest BCUT2D eigenvalue weighted by atomic mass is 9.90. The molecule has 1 N–H and O–H groups in total. The molecule has 4 heteroatoms. The number of aliphatic hydroxyl groups excluding tert-OH is 1. The van der Waals surface area contributed by atoms with Gasteiger partial charge in [-0.25, -0.2) is 0 Å². The van der Waals surface area contributed by atoms with Gasteiger partial charge in [-0.1, -0.05) is 38.0 Å². The predicted molar refractivity (Wildman–Crippen MR) is 93.4 cm³/mol. The largest absolute Gasteiger partial charge is 0.458 e. The molecule has 0 amide bonds. The summed E-state index contributed by atoms with van der Waals surface area (Å²) in [6.45, 7) is 2.14. The van der Waals surface area contributed by atoms with E-state index in [9.17, 15) is 14.7 Å². The molecule has 1 fully saturated rings. The Balaban J connectivity index is 2.12. The second kappa shape index (κ2) is 9.77. The summed E-state index contributed by atoms with van der Waals surface area (Å²) in [6.07, 6.45) is 13.9. The fourth-order valence-corrected chi connectivity index (χ4v) is 3.52. The molecule has 134 valence electrons. The minimum atomic E-state index is -0.621. The molecule has 0 spiro atoms. The normalized spacial score (nSPS) is 31.8. The number of carbonyl (C=O) groups excluding carboxylic acids is 2. The number of hydrogen-bond donors (Lipinski definition) is 1. The predicted octanol–water partition coefficient (Wildman–Crippen LogP) is 3.73. The van der Waals surface area contributed by atoms with Crippen LogP contribution in [0, 0.1) is 11.8 Å². The van der Waals surface area contributed by atoms with E-state index in [4.69, 9.17) is 4.74 Å². The van der Waals surface area contributed by atoms with Crippen LogP contribution in [0.25, 0.3) is 0 Å². The van der Waals surface area contributed by atoms with Gasteiger partial charge in [0.25, 0.3) is 0 Å². The van der Waals surface area contributed by atoms with Crippen LogP contribution in [0.5, 0.6) is 0 Å². The van der Waals surface area contributed by atoms with E-state index in [-0.39, 0.29) is 36.1 Å². The molecule has 1 aliphatic heterocycles. The summed E-state index contributed by atoms with van der Waals surface area (Å²) >= 11 is 0. The molecule has 1 saturated carbocycles. The van der Waals surface area contributed by atoms with Crippen LogP contribution in [-0.2, 0) is 14.3 Å². The number of unbranched alkanes of at least 4 members (excludes halogenated alkanes) is 2. The number of ether oxygens (including phenoxy) is 1. The van der Waals surface area contributed by atoms with Crippen molar-refractivity contribution >= 4 is 11.8 Å². The number of rotatable bonds is 4. The second-order valence-corrected chi connectivity index (χ2v) is 6.93. The lowest BCUT2D eigenvalue weighted by molar-refractivity contribution is -0.147. The molecule has 4 atom stereocenters. The fourth-order valence-electron chi connectivity index (χ4n) is 3.52. The fraction of sp³-hybridized carbons (Fsp3) is 0.700. The van der Waals surface area contributed by atoms with E-state index in [1.165, 1.54) is 0 Å². The summed E-state index contributed by atoms with van der Waals surface area (Å²) in [6, 6.07) is 0. The molecule has 24 heavy (non-hydrogen) atoms. The van der Waals surface area contributed by atoms with Crippen LogP contribution in [0.15, 0.2) is 24.3 Å². The summed E-state index contributed by atoms with van der Waals surface area (Å²) < 4.78 is 5.60. The summed E-state index contributed by atoms with van der Waals surface area (Å²) in [5.74, 6) is -0.347. The van der Waals surface area contributed by atoms with Gasteiger partial charge < -0.3 is 9.84 Å². The monoisotopic (exact) mass is 334 g/mol. The summed E-state index contributed by atoms with van der Waals surface area (Å²) in [5.41, 5.74) is 0. The first kappa shape index (κ1) is 18.9. The van der Waals surface area contributed by atoms with Crippen LogP contribution in [0.4, 0.5) is 0 Å². The summed E-state index contributed by atoms with van der Waals surface area (Å²) in [7, 11) is 0. The Morgan fingerprint density at radius 1 is 1.21 bits per heavy atom. The van der Waals surface area contributed by atoms with Gasteiger partial charge in [-0.2, -0.15) is 0 Å². The summed E-state index contributed by atoms with van der Waals surface area (Å²) in [5, 5.41) is 10.2. The van der Waals surface area contributed by atoms with Crippen molar-refractivity contribution in [2.24, 2.45) is 11.8 Å². The van der Waals surface area contributed by atoms with Gasteiger partial charge in [0.15, 0.2) is 0 Å². The van der Waals surface area contributed by atoms with E-state index in [0.29, 0.717) is 12.8 Å². The number of esters is 1. The van der Waals surface area contributed by atoms with Gasteiger partial charge in [0.05, 0.1) is 6.10 Å². The zero-order chi connectivity index (χ0) is 17.4. The van der Waals surface area contributed by atoms with Gasteiger partial charge in [-0.15, -0.1) is 0 Å². The topological polar surface area (TPSA) is 63.6 Å². The second-order valence-electron chi connectivity index (χ2n) is 6.93. The number of cyclic esters (lactones) is 1. The standard InChI is InChI=1S/C20H30O4/c1-2-3-6-9-15-12-13-17-16(18(21)14-19(17)22)10-7-4-5-8-11-20(23)24-15/h4,7,12-13,15-17,19,22H,2-3,5-6,8-11,14H2,1H3/t15-,16+,17+,19+/m0/s1. The van der Waals surface area contributed by atoms with Gasteiger partial charge >= 0.3 is 5.97 Å². The number of carbonyl (C=O) groups is 2. The Hall–Kier alpha value is -1.42. The van der Waals surface area contributed by atoms with Crippen molar-refractivity contribution in [1.29, 1.82) is 0 Å². The minimum absolute atomic E-state index is 0.135. The Morgan fingerprint density at radius 2 is 2.04 bits per heavy atom. The number of hydrogen-bond acceptors (Lipinski definition) is 4. The van der Waals surface area contributed by atoms with Crippen molar-refractivity contribution in [3.63, 3.8) is 0 Å². The molecule has 2 aliphatic rings. The molecule has 0 bridgehead atoms. The Kier molecular flexibility index (Phi) is 7.70. The molecule has 0 unspecified atom stereocenters. The van der Waals surface area contributed by atoms with Crippen molar-refractivity contribution in [2.75, 3.05) is 0 Å². The number of aliphatic hydroxyl groups is 1. The van der Waals surface area contributed by atoms with Crippen LogP contribution in [0.1, 0.15) is 64.7 Å². The maximum absolute atomic E-state index is 12.1. The average Bonchev–Trinajstić information content (AvgIpc) is 2.81. The molecule has 0 saturated heterocycles. The van der Waals surface area contributed by atoms with E-state index in [1.807, 2.05) is 24.3 Å². The van der Waals surface area contributed by atoms with E-state index < -0.39 is 6.10 Å². The van der Waals surface area contributed by atoms with Crippen molar-refractivity contribution in [2.45, 2.75) is 76.9 Å². The van der Waals surface area contributed by atoms with Gasteiger partial charge in [-0.05, 0) is 38.2 Å². The first-order chi connectivity index (χ1) is 11.6. The highest BCUT2D eigenvalue weighted by molar-refractivity contribution is 5.84. The lowest BCUT2D eigenvalue weighted by Gasteiger charge is -2.18. The molecule has 0 radical (unpaired) electrons. The molecule has 0 aromatic carbocycles. The first-order valence-corrected chi connectivity index (χ1v) is 9.35. The van der Waals surface area contributed by atoms with Crippen molar-refractivity contribution in [3.8, 4) is 0 Å². The Labute approximate surface area is 145 Å². The quantitative estimate of drug-likeness (QED) is 0.483. The maximum atomic E-state index is 12.1. The van der Waals surface area contributed by atoms with E-state index in [1.54, 1.807) is 0 Å². The number of allylic oxidation sites excluding steroid dienone is 2. The molecular formula is C20H30O4. The highest BCUT2D eigenvalue weighted by Gasteiger charge is 2.39. The highest BCUT2D eigenvalue weighted by atomic mass is 16.5. The van der Waals surface area contributed by atoms with E-state index in [0.717, 1.165) is 38.5 Å². The third kappa shape index (κ3) is 5.59. The molecule has 1 aliphatic carbocycles. The Bertz CT molecular complexity index is 480. The van der Waals surface area contributed by atoms with Crippen LogP contribution in [0.3, 0.4) is 0 Å². The smallest absolute Gasteiger partial charge is 0.306 e. The third-order valence-corrected chi connectivity index (χ3v) is 4.96. The van der Waals surface area contributed by atoms with Gasteiger partial charge in [-0.3, -0.25) is 9.59 Å². The van der Waals surface area contributed by atoms with Gasteiger partial charge in [0.1, 0.15) is 11.9 Å². The molecule has 0 aromatic rings. The Morgan fingerprint density at radius 3 is 2.83 bits per heavy atom. The lowest BCUT2D eigenvalue weighted by Crippen LogP contribution is -2.20. The molecular weight excluding hydrogens is 304 g/mol. The molecule has 0 aromatic heterocycles. The summed E-state index contributed by atoms with van der Waals surface area (Å²) in [4.78, 5) is 24.1. The van der Waals surface area contributed by atoms with E-state index >= 15 is 0 Å². The molecule has 4 nitrogen and oxygen atoms in total. The average molecular weight is 334 g/mol. The third-order valence-electron chi connectivity index (χ3n) is 4.96. The minimum Gasteiger partial charge on any atom is -0.458 e. The van der Waals surface area contributed by atoms with Crippen LogP contribution in [-0.4, -0.2) is 29.1 Å². The van der Waals surface area contributed by atoms with Crippen molar-refractivity contribution < 1.29 is 19.4 Å². The van der Waals surface area contributed by atoms with E-state index in [2.05, 4.69) is 6.92 Å². The first-order valence-electron chi connectivity index (χ1n) is 9.35. The SMILES string of the molecule is CCCCC[C@H]1C=C[C@H]2[C@H](O)CC(=O)[C@@H]2CC=CCCCC(=O)O1.